The van der Waals surface area contributed by atoms with Gasteiger partial charge in [-0.25, -0.2) is 18.4 Å². The first kappa shape index (κ1) is 19.8. The van der Waals surface area contributed by atoms with Gasteiger partial charge in [0.1, 0.15) is 24.8 Å². The molecule has 0 spiro atoms. The van der Waals surface area contributed by atoms with Gasteiger partial charge in [-0.15, -0.1) is 0 Å². The number of urea groups is 1. The summed E-state index contributed by atoms with van der Waals surface area (Å²) in [7, 11) is 0. The molecule has 0 aliphatic carbocycles. The summed E-state index contributed by atoms with van der Waals surface area (Å²) in [6.45, 7) is -0.700. The largest absolute Gasteiger partial charge is 0.456 e. The molecule has 0 aromatic heterocycles. The van der Waals surface area contributed by atoms with Gasteiger partial charge in [-0.2, -0.15) is 0 Å². The SMILES string of the molecule is O=C(CN1C(=O)NC(c2ccccc2Cl)C2=C1COC2=O)Nc1ccc(F)cc1F. The molecule has 1 unspecified atom stereocenters. The number of ether oxygens (including phenoxy) is 1. The van der Waals surface area contributed by atoms with E-state index in [-0.39, 0.29) is 23.6 Å². The van der Waals surface area contributed by atoms with Crippen LogP contribution in [0.2, 0.25) is 5.02 Å². The van der Waals surface area contributed by atoms with E-state index in [0.717, 1.165) is 17.0 Å². The third kappa shape index (κ3) is 3.59. The summed E-state index contributed by atoms with van der Waals surface area (Å²) in [6, 6.07) is 7.93. The third-order valence-corrected chi connectivity index (χ3v) is 5.07. The molecule has 2 aliphatic heterocycles. The summed E-state index contributed by atoms with van der Waals surface area (Å²) in [6.07, 6.45) is 0. The molecular weight excluding hydrogens is 420 g/mol. The Morgan fingerprint density at radius 1 is 1.23 bits per heavy atom. The van der Waals surface area contributed by atoms with Crippen molar-refractivity contribution < 1.29 is 27.9 Å². The zero-order valence-electron chi connectivity index (χ0n) is 15.2. The lowest BCUT2D eigenvalue weighted by molar-refractivity contribution is -0.136. The molecular formula is C20H14ClF2N3O4. The quantitative estimate of drug-likeness (QED) is 0.725. The lowest BCUT2D eigenvalue weighted by Crippen LogP contribution is -2.49. The summed E-state index contributed by atoms with van der Waals surface area (Å²) < 4.78 is 31.9. The molecule has 3 amide bonds. The molecule has 2 N–H and O–H groups in total. The van der Waals surface area contributed by atoms with Crippen LogP contribution in [0.1, 0.15) is 11.6 Å². The molecule has 2 aliphatic rings. The molecule has 0 saturated heterocycles. The van der Waals surface area contributed by atoms with Crippen LogP contribution in [-0.4, -0.2) is 36.0 Å². The molecule has 2 aromatic rings. The average Bonchev–Trinajstić information content (AvgIpc) is 3.08. The topological polar surface area (TPSA) is 87.7 Å². The van der Waals surface area contributed by atoms with Gasteiger partial charge >= 0.3 is 12.0 Å². The number of amides is 3. The standard InChI is InChI=1S/C20H14ClF2N3O4/c21-12-4-2-1-3-11(12)18-17-15(9-30-19(17)28)26(20(29)25-18)8-16(27)24-14-6-5-10(22)7-13(14)23/h1-7,18H,8-9H2,(H,24,27)(H,25,29). The Morgan fingerprint density at radius 2 is 2.00 bits per heavy atom. The Hall–Kier alpha value is -3.46. The normalized spacial score (nSPS) is 18.1. The van der Waals surface area contributed by atoms with E-state index in [0.29, 0.717) is 16.7 Å². The van der Waals surface area contributed by atoms with Gasteiger partial charge in [0.05, 0.1) is 23.0 Å². The number of hydrogen-bond acceptors (Lipinski definition) is 4. The predicted octanol–water partition coefficient (Wildman–Crippen LogP) is 3.13. The van der Waals surface area contributed by atoms with Crippen molar-refractivity contribution in [2.45, 2.75) is 6.04 Å². The Balaban J connectivity index is 1.61. The highest BCUT2D eigenvalue weighted by molar-refractivity contribution is 6.31. The highest BCUT2D eigenvalue weighted by Crippen LogP contribution is 2.37. The minimum atomic E-state index is -0.954. The van der Waals surface area contributed by atoms with Gasteiger partial charge in [-0.1, -0.05) is 29.8 Å². The van der Waals surface area contributed by atoms with Crippen LogP contribution in [0.4, 0.5) is 19.3 Å². The van der Waals surface area contributed by atoms with E-state index < -0.39 is 42.1 Å². The number of rotatable bonds is 4. The first-order chi connectivity index (χ1) is 14.3. The number of anilines is 1. The van der Waals surface area contributed by atoms with Crippen LogP contribution in [0.15, 0.2) is 53.7 Å². The lowest BCUT2D eigenvalue weighted by atomic mass is 9.95. The van der Waals surface area contributed by atoms with Gasteiger partial charge in [0.2, 0.25) is 5.91 Å². The molecule has 7 nitrogen and oxygen atoms in total. The molecule has 10 heteroatoms. The molecule has 2 aromatic carbocycles. The number of hydrogen-bond donors (Lipinski definition) is 2. The first-order valence-electron chi connectivity index (χ1n) is 8.82. The predicted molar refractivity (Wildman–Crippen MR) is 102 cm³/mol. The zero-order chi connectivity index (χ0) is 21.4. The summed E-state index contributed by atoms with van der Waals surface area (Å²) in [4.78, 5) is 38.4. The zero-order valence-corrected chi connectivity index (χ0v) is 16.0. The smallest absolute Gasteiger partial charge is 0.338 e. The van der Waals surface area contributed by atoms with E-state index in [9.17, 15) is 23.2 Å². The van der Waals surface area contributed by atoms with Gasteiger partial charge in [-0.3, -0.25) is 9.69 Å². The molecule has 0 fully saturated rings. The highest BCUT2D eigenvalue weighted by atomic mass is 35.5. The summed E-state index contributed by atoms with van der Waals surface area (Å²) in [5.74, 6) is -3.12. The minimum Gasteiger partial charge on any atom is -0.456 e. The first-order valence-corrected chi connectivity index (χ1v) is 9.20. The average molecular weight is 434 g/mol. The van der Waals surface area contributed by atoms with E-state index in [4.69, 9.17) is 16.3 Å². The monoisotopic (exact) mass is 433 g/mol. The fraction of sp³-hybridized carbons (Fsp3) is 0.150. The molecule has 4 rings (SSSR count). The van der Waals surface area contributed by atoms with Gasteiger partial charge in [0.15, 0.2) is 0 Å². The number of carbonyl (C=O) groups excluding carboxylic acids is 3. The van der Waals surface area contributed by atoms with Crippen molar-refractivity contribution in [2.24, 2.45) is 0 Å². The van der Waals surface area contributed by atoms with E-state index >= 15 is 0 Å². The van der Waals surface area contributed by atoms with E-state index in [1.54, 1.807) is 24.3 Å². The Labute approximate surface area is 174 Å². The minimum absolute atomic E-state index is 0.170. The van der Waals surface area contributed by atoms with Crippen molar-refractivity contribution in [3.8, 4) is 0 Å². The van der Waals surface area contributed by atoms with Crippen LogP contribution in [-0.2, 0) is 14.3 Å². The van der Waals surface area contributed by atoms with Crippen LogP contribution in [0.5, 0.6) is 0 Å². The maximum absolute atomic E-state index is 13.8. The van der Waals surface area contributed by atoms with Crippen LogP contribution in [0, 0.1) is 11.6 Å². The van der Waals surface area contributed by atoms with Gasteiger partial charge in [0.25, 0.3) is 0 Å². The van der Waals surface area contributed by atoms with Gasteiger partial charge < -0.3 is 15.4 Å². The van der Waals surface area contributed by atoms with Gasteiger partial charge in [0, 0.05) is 11.1 Å². The highest BCUT2D eigenvalue weighted by Gasteiger charge is 2.43. The molecule has 1 atom stereocenters. The fourth-order valence-corrected chi connectivity index (χ4v) is 3.59. The van der Waals surface area contributed by atoms with Crippen molar-refractivity contribution in [2.75, 3.05) is 18.5 Å². The number of nitrogens with one attached hydrogen (secondary N) is 2. The maximum atomic E-state index is 13.8. The van der Waals surface area contributed by atoms with Crippen LogP contribution in [0.3, 0.4) is 0 Å². The van der Waals surface area contributed by atoms with Crippen molar-refractivity contribution in [3.05, 3.63) is 76.0 Å². The van der Waals surface area contributed by atoms with Crippen LogP contribution < -0.4 is 10.6 Å². The lowest BCUT2D eigenvalue weighted by Gasteiger charge is -2.32. The Kier molecular flexibility index (Phi) is 5.13. The second-order valence-electron chi connectivity index (χ2n) is 6.60. The summed E-state index contributed by atoms with van der Waals surface area (Å²) in [5.41, 5.74) is 0.670. The molecule has 0 radical (unpaired) electrons. The van der Waals surface area contributed by atoms with Crippen LogP contribution in [0.25, 0.3) is 0 Å². The van der Waals surface area contributed by atoms with E-state index in [1.807, 2.05) is 0 Å². The number of halogens is 3. The van der Waals surface area contributed by atoms with E-state index in [1.165, 1.54) is 0 Å². The van der Waals surface area contributed by atoms with Crippen molar-refractivity contribution in [3.63, 3.8) is 0 Å². The molecule has 154 valence electrons. The van der Waals surface area contributed by atoms with E-state index in [2.05, 4.69) is 10.6 Å². The Bertz CT molecular complexity index is 1110. The van der Waals surface area contributed by atoms with Crippen LogP contribution >= 0.6 is 11.6 Å². The number of cyclic esters (lactones) is 1. The summed E-state index contributed by atoms with van der Waals surface area (Å²) in [5, 5.41) is 5.28. The second kappa shape index (κ2) is 7.75. The molecule has 30 heavy (non-hydrogen) atoms. The number of nitrogens with zero attached hydrogens (tertiary/aromatic N) is 1. The number of esters is 1. The van der Waals surface area contributed by atoms with Crippen molar-refractivity contribution in [1.82, 2.24) is 10.2 Å². The molecule has 2 heterocycles. The fourth-order valence-electron chi connectivity index (χ4n) is 3.35. The van der Waals surface area contributed by atoms with Crippen molar-refractivity contribution >= 4 is 35.2 Å². The maximum Gasteiger partial charge on any atom is 0.338 e. The summed E-state index contributed by atoms with van der Waals surface area (Å²) >= 11 is 6.21. The third-order valence-electron chi connectivity index (χ3n) is 4.72. The second-order valence-corrected chi connectivity index (χ2v) is 7.01. The van der Waals surface area contributed by atoms with Gasteiger partial charge in [-0.05, 0) is 23.8 Å². The number of benzene rings is 2. The molecule has 0 bridgehead atoms. The Morgan fingerprint density at radius 3 is 2.73 bits per heavy atom. The van der Waals surface area contributed by atoms with Crippen molar-refractivity contribution in [1.29, 1.82) is 0 Å². The molecule has 0 saturated carbocycles. The number of carbonyl (C=O) groups is 3.